The minimum Gasteiger partial charge on any atom is -0.496 e. The Bertz CT molecular complexity index is 1300. The molecule has 0 aliphatic carbocycles. The molecule has 0 N–H and O–H groups in total. The van der Waals surface area contributed by atoms with Crippen LogP contribution in [0.25, 0.3) is 16.5 Å². The van der Waals surface area contributed by atoms with Crippen LogP contribution < -0.4 is 9.64 Å². The van der Waals surface area contributed by atoms with Crippen LogP contribution in [0.15, 0.2) is 40.8 Å². The standard InChI is InChI=1S/C27H29F3N2O3/c1-16(22-15-23-17(2)19(4)35-26(23)18(3)25(22)34-5)13-24(33)32-11-9-31(10-12-32)21-8-6-7-20(14-21)27(28,29)30/h6-8,13-15H,9-12H2,1-5H3/b16-13+. The van der Waals surface area contributed by atoms with Gasteiger partial charge in [0, 0.05) is 54.5 Å². The van der Waals surface area contributed by atoms with Crippen molar-refractivity contribution in [1.29, 1.82) is 0 Å². The van der Waals surface area contributed by atoms with Gasteiger partial charge in [0.15, 0.2) is 0 Å². The van der Waals surface area contributed by atoms with E-state index in [4.69, 9.17) is 9.15 Å². The summed E-state index contributed by atoms with van der Waals surface area (Å²) in [5.41, 5.74) is 4.16. The number of halogens is 3. The van der Waals surface area contributed by atoms with Crippen molar-refractivity contribution < 1.29 is 27.1 Å². The van der Waals surface area contributed by atoms with Crippen LogP contribution in [-0.2, 0) is 11.0 Å². The number of amides is 1. The predicted molar refractivity (Wildman–Crippen MR) is 131 cm³/mol. The Labute approximate surface area is 202 Å². The summed E-state index contributed by atoms with van der Waals surface area (Å²) in [5.74, 6) is 1.38. The first-order valence-electron chi connectivity index (χ1n) is 11.5. The molecule has 0 spiro atoms. The fourth-order valence-corrected chi connectivity index (χ4v) is 4.59. The number of hydrogen-bond acceptors (Lipinski definition) is 4. The van der Waals surface area contributed by atoms with E-state index >= 15 is 0 Å². The van der Waals surface area contributed by atoms with Gasteiger partial charge in [-0.05, 0) is 63.1 Å². The molecule has 1 amide bonds. The zero-order chi connectivity index (χ0) is 25.5. The lowest BCUT2D eigenvalue weighted by Crippen LogP contribution is -2.48. The van der Waals surface area contributed by atoms with E-state index in [-0.39, 0.29) is 5.91 Å². The molecular formula is C27H29F3N2O3. The predicted octanol–water partition coefficient (Wildman–Crippen LogP) is 6.14. The second-order valence-electron chi connectivity index (χ2n) is 8.93. The number of anilines is 1. The maximum Gasteiger partial charge on any atom is 0.416 e. The second-order valence-corrected chi connectivity index (χ2v) is 8.93. The third-order valence-corrected chi connectivity index (χ3v) is 6.75. The number of rotatable bonds is 4. The highest BCUT2D eigenvalue weighted by Crippen LogP contribution is 2.39. The fourth-order valence-electron chi connectivity index (χ4n) is 4.59. The first kappa shape index (κ1) is 24.7. The molecule has 1 saturated heterocycles. The number of fused-ring (bicyclic) bond motifs is 1. The van der Waals surface area contributed by atoms with E-state index in [0.717, 1.165) is 51.1 Å². The molecule has 0 unspecified atom stereocenters. The number of methoxy groups -OCH3 is 1. The van der Waals surface area contributed by atoms with Crippen LogP contribution >= 0.6 is 0 Å². The van der Waals surface area contributed by atoms with Gasteiger partial charge in [-0.2, -0.15) is 13.2 Å². The van der Waals surface area contributed by atoms with Crippen LogP contribution in [0.5, 0.6) is 5.75 Å². The van der Waals surface area contributed by atoms with Crippen LogP contribution in [0.3, 0.4) is 0 Å². The van der Waals surface area contributed by atoms with Gasteiger partial charge in [0.05, 0.1) is 12.7 Å². The van der Waals surface area contributed by atoms with E-state index in [1.807, 2.05) is 38.7 Å². The Hall–Kier alpha value is -3.42. The Balaban J connectivity index is 1.52. The van der Waals surface area contributed by atoms with Crippen LogP contribution in [-0.4, -0.2) is 44.1 Å². The molecule has 186 valence electrons. The number of aryl methyl sites for hydroxylation is 3. The molecule has 3 aromatic rings. The van der Waals surface area contributed by atoms with Gasteiger partial charge in [-0.3, -0.25) is 4.79 Å². The lowest BCUT2D eigenvalue weighted by molar-refractivity contribution is -0.137. The molecule has 0 radical (unpaired) electrons. The summed E-state index contributed by atoms with van der Waals surface area (Å²) in [6.45, 7) is 9.51. The number of piperazine rings is 1. The number of ether oxygens (including phenoxy) is 1. The number of alkyl halides is 3. The maximum atomic E-state index is 13.1. The molecule has 1 aliphatic rings. The highest BCUT2D eigenvalue weighted by atomic mass is 19.4. The number of nitrogens with zero attached hydrogens (tertiary/aromatic N) is 2. The van der Waals surface area contributed by atoms with Crippen molar-refractivity contribution in [3.05, 3.63) is 64.4 Å². The molecule has 0 bridgehead atoms. The largest absolute Gasteiger partial charge is 0.496 e. The summed E-state index contributed by atoms with van der Waals surface area (Å²) in [4.78, 5) is 16.6. The van der Waals surface area contributed by atoms with Gasteiger partial charge < -0.3 is 19.0 Å². The smallest absolute Gasteiger partial charge is 0.416 e. The van der Waals surface area contributed by atoms with Gasteiger partial charge >= 0.3 is 6.18 Å². The second kappa shape index (κ2) is 9.32. The lowest BCUT2D eigenvalue weighted by atomic mass is 9.98. The molecular weight excluding hydrogens is 457 g/mol. The maximum absolute atomic E-state index is 13.1. The Morgan fingerprint density at radius 2 is 1.74 bits per heavy atom. The van der Waals surface area contributed by atoms with Crippen LogP contribution in [0.1, 0.15) is 34.9 Å². The number of benzene rings is 2. The topological polar surface area (TPSA) is 45.9 Å². The Kier molecular flexibility index (Phi) is 6.58. The van der Waals surface area contributed by atoms with E-state index in [0.29, 0.717) is 37.6 Å². The fraction of sp³-hybridized carbons (Fsp3) is 0.370. The molecule has 35 heavy (non-hydrogen) atoms. The van der Waals surface area contributed by atoms with Crippen molar-refractivity contribution in [1.82, 2.24) is 4.90 Å². The molecule has 1 fully saturated rings. The molecule has 2 aromatic carbocycles. The van der Waals surface area contributed by atoms with E-state index in [9.17, 15) is 18.0 Å². The minimum absolute atomic E-state index is 0.133. The van der Waals surface area contributed by atoms with E-state index in [1.165, 1.54) is 6.07 Å². The first-order chi connectivity index (χ1) is 16.5. The van der Waals surface area contributed by atoms with Crippen molar-refractivity contribution in [3.63, 3.8) is 0 Å². The highest BCUT2D eigenvalue weighted by Gasteiger charge is 2.31. The average Bonchev–Trinajstić information content (AvgIpc) is 3.12. The molecule has 5 nitrogen and oxygen atoms in total. The minimum atomic E-state index is -4.38. The average molecular weight is 487 g/mol. The van der Waals surface area contributed by atoms with Gasteiger partial charge in [-0.25, -0.2) is 0 Å². The third kappa shape index (κ3) is 4.74. The highest BCUT2D eigenvalue weighted by molar-refractivity contribution is 5.98. The third-order valence-electron chi connectivity index (χ3n) is 6.75. The van der Waals surface area contributed by atoms with Gasteiger partial charge in [-0.1, -0.05) is 6.07 Å². The number of carbonyl (C=O) groups excluding carboxylic acids is 1. The zero-order valence-electron chi connectivity index (χ0n) is 20.5. The van der Waals surface area contributed by atoms with E-state index in [2.05, 4.69) is 0 Å². The summed E-state index contributed by atoms with van der Waals surface area (Å²) in [6.07, 6.45) is -2.78. The van der Waals surface area contributed by atoms with Crippen molar-refractivity contribution in [2.24, 2.45) is 0 Å². The van der Waals surface area contributed by atoms with Crippen molar-refractivity contribution >= 4 is 28.1 Å². The molecule has 1 aromatic heterocycles. The monoisotopic (exact) mass is 486 g/mol. The summed E-state index contributed by atoms with van der Waals surface area (Å²) in [5, 5.41) is 0.991. The number of hydrogen-bond donors (Lipinski definition) is 0. The SMILES string of the molecule is COc1c(/C(C)=C/C(=O)N2CCN(c3cccc(C(F)(F)F)c3)CC2)cc2c(C)c(C)oc2c1C. The summed E-state index contributed by atoms with van der Waals surface area (Å²) in [7, 11) is 1.60. The zero-order valence-corrected chi connectivity index (χ0v) is 20.5. The Morgan fingerprint density at radius 1 is 1.06 bits per heavy atom. The summed E-state index contributed by atoms with van der Waals surface area (Å²) >= 11 is 0. The molecule has 0 saturated carbocycles. The van der Waals surface area contributed by atoms with Crippen molar-refractivity contribution in [2.75, 3.05) is 38.2 Å². The van der Waals surface area contributed by atoms with E-state index in [1.54, 1.807) is 24.2 Å². The van der Waals surface area contributed by atoms with Gasteiger partial charge in [0.25, 0.3) is 0 Å². The Morgan fingerprint density at radius 3 is 2.37 bits per heavy atom. The quantitative estimate of drug-likeness (QED) is 0.416. The molecule has 0 atom stereocenters. The summed E-state index contributed by atoms with van der Waals surface area (Å²) < 4.78 is 50.8. The molecule has 4 rings (SSSR count). The number of carbonyl (C=O) groups is 1. The molecule has 2 heterocycles. The van der Waals surface area contributed by atoms with Gasteiger partial charge in [-0.15, -0.1) is 0 Å². The van der Waals surface area contributed by atoms with Gasteiger partial charge in [0.2, 0.25) is 5.91 Å². The van der Waals surface area contributed by atoms with Crippen LogP contribution in [0, 0.1) is 20.8 Å². The van der Waals surface area contributed by atoms with Crippen molar-refractivity contribution in [2.45, 2.75) is 33.9 Å². The molecule has 8 heteroatoms. The molecule has 1 aliphatic heterocycles. The number of furan rings is 1. The van der Waals surface area contributed by atoms with Crippen LogP contribution in [0.2, 0.25) is 0 Å². The first-order valence-corrected chi connectivity index (χ1v) is 11.5. The van der Waals surface area contributed by atoms with Crippen LogP contribution in [0.4, 0.5) is 18.9 Å². The summed E-state index contributed by atoms with van der Waals surface area (Å²) in [6, 6.07) is 7.30. The van der Waals surface area contributed by atoms with E-state index < -0.39 is 11.7 Å². The normalized spacial score (nSPS) is 15.1. The number of allylic oxidation sites excluding steroid dienone is 1. The van der Waals surface area contributed by atoms with Crippen molar-refractivity contribution in [3.8, 4) is 5.75 Å². The van der Waals surface area contributed by atoms with Gasteiger partial charge in [0.1, 0.15) is 17.1 Å². The lowest BCUT2D eigenvalue weighted by Gasteiger charge is -2.36.